The molecule has 0 aliphatic carbocycles. The average molecular weight is 410 g/mol. The van der Waals surface area contributed by atoms with Crippen LogP contribution in [0.4, 0.5) is 11.4 Å². The summed E-state index contributed by atoms with van der Waals surface area (Å²) in [4.78, 5) is 41.1. The first-order valence-electron chi connectivity index (χ1n) is 9.47. The van der Waals surface area contributed by atoms with Gasteiger partial charge in [-0.2, -0.15) is 0 Å². The van der Waals surface area contributed by atoms with Crippen LogP contribution >= 0.6 is 11.6 Å². The van der Waals surface area contributed by atoms with Crippen LogP contribution < -0.4 is 10.2 Å². The Kier molecular flexibility index (Phi) is 5.11. The van der Waals surface area contributed by atoms with Gasteiger partial charge >= 0.3 is 0 Å². The molecule has 1 saturated heterocycles. The van der Waals surface area contributed by atoms with E-state index in [1.807, 2.05) is 4.90 Å². The number of benzene rings is 2. The summed E-state index contributed by atoms with van der Waals surface area (Å²) in [6.45, 7) is 2.93. The Hall–Kier alpha value is -3.12. The number of likely N-dealkylation sites (tertiary alicyclic amines) is 1. The third-order valence-corrected chi connectivity index (χ3v) is 5.31. The number of anilines is 2. The molecule has 0 bridgehead atoms. The molecule has 3 amide bonds. The van der Waals surface area contributed by atoms with E-state index >= 15 is 0 Å². The third-order valence-electron chi connectivity index (χ3n) is 5.06. The zero-order valence-electron chi connectivity index (χ0n) is 15.9. The summed E-state index contributed by atoms with van der Waals surface area (Å²) in [7, 11) is 0. The second kappa shape index (κ2) is 7.72. The van der Waals surface area contributed by atoms with Crippen molar-refractivity contribution >= 4 is 46.3 Å². The van der Waals surface area contributed by atoms with Gasteiger partial charge in [0.2, 0.25) is 5.91 Å². The minimum atomic E-state index is -0.355. The number of nitrogens with one attached hydrogen (secondary N) is 1. The summed E-state index contributed by atoms with van der Waals surface area (Å²) in [6, 6.07) is 13.6. The zero-order chi connectivity index (χ0) is 20.5. The molecule has 4 rings (SSSR count). The maximum Gasteiger partial charge on any atom is 0.282 e. The normalized spacial score (nSPS) is 16.8. The lowest BCUT2D eigenvalue weighted by Crippen LogP contribution is -2.34. The molecule has 29 heavy (non-hydrogen) atoms. The minimum absolute atomic E-state index is 0.171. The Morgan fingerprint density at radius 1 is 0.931 bits per heavy atom. The lowest BCUT2D eigenvalue weighted by atomic mass is 10.0. The predicted molar refractivity (Wildman–Crippen MR) is 112 cm³/mol. The van der Waals surface area contributed by atoms with E-state index < -0.39 is 0 Å². The van der Waals surface area contributed by atoms with Gasteiger partial charge in [-0.05, 0) is 54.8 Å². The molecule has 2 aromatic rings. The van der Waals surface area contributed by atoms with Crippen molar-refractivity contribution in [3.8, 4) is 0 Å². The van der Waals surface area contributed by atoms with Crippen LogP contribution in [0.2, 0.25) is 5.02 Å². The molecular formula is C22H20ClN3O3. The molecule has 0 spiro atoms. The summed E-state index contributed by atoms with van der Waals surface area (Å²) in [6.07, 6.45) is 1.97. The fraction of sp³-hybridized carbons (Fsp3) is 0.227. The number of halogens is 1. The highest BCUT2D eigenvalue weighted by atomic mass is 35.5. The highest BCUT2D eigenvalue weighted by Crippen LogP contribution is 2.36. The number of hydrogen-bond acceptors (Lipinski definition) is 4. The standard InChI is InChI=1S/C22H20ClN3O3/c1-14(27)24-17-8-4-15(5-9-17)19-20(25-12-2-3-13-25)22(29)26(21(19)28)18-10-6-16(23)7-11-18/h4-11H,2-3,12-13H2,1H3,(H,24,27). The Bertz CT molecular complexity index is 1010. The Morgan fingerprint density at radius 3 is 2.14 bits per heavy atom. The minimum Gasteiger partial charge on any atom is -0.366 e. The highest BCUT2D eigenvalue weighted by Gasteiger charge is 2.42. The van der Waals surface area contributed by atoms with Crippen molar-refractivity contribution < 1.29 is 14.4 Å². The Morgan fingerprint density at radius 2 is 1.55 bits per heavy atom. The van der Waals surface area contributed by atoms with Gasteiger partial charge in [0.25, 0.3) is 11.8 Å². The van der Waals surface area contributed by atoms with Gasteiger partial charge in [0.15, 0.2) is 0 Å². The second-order valence-electron chi connectivity index (χ2n) is 7.10. The summed E-state index contributed by atoms with van der Waals surface area (Å²) in [5.41, 5.74) is 2.61. The van der Waals surface area contributed by atoms with Crippen LogP contribution in [-0.2, 0) is 14.4 Å². The van der Waals surface area contributed by atoms with Crippen molar-refractivity contribution in [3.63, 3.8) is 0 Å². The topological polar surface area (TPSA) is 69.7 Å². The van der Waals surface area contributed by atoms with Crippen LogP contribution in [0.1, 0.15) is 25.3 Å². The molecule has 0 atom stereocenters. The molecule has 148 valence electrons. The summed E-state index contributed by atoms with van der Waals surface area (Å²) in [5, 5.41) is 3.25. The molecule has 0 unspecified atom stereocenters. The van der Waals surface area contributed by atoms with Gasteiger partial charge in [-0.25, -0.2) is 4.90 Å². The van der Waals surface area contributed by atoms with E-state index in [0.717, 1.165) is 25.9 Å². The molecule has 1 N–H and O–H groups in total. The van der Waals surface area contributed by atoms with Gasteiger partial charge < -0.3 is 10.2 Å². The smallest absolute Gasteiger partial charge is 0.282 e. The maximum absolute atomic E-state index is 13.3. The number of nitrogens with zero attached hydrogens (tertiary/aromatic N) is 2. The van der Waals surface area contributed by atoms with Crippen LogP contribution in [0, 0.1) is 0 Å². The zero-order valence-corrected chi connectivity index (χ0v) is 16.7. The first-order chi connectivity index (χ1) is 14.0. The van der Waals surface area contributed by atoms with E-state index in [9.17, 15) is 14.4 Å². The van der Waals surface area contributed by atoms with Crippen molar-refractivity contribution in [3.05, 3.63) is 64.8 Å². The van der Waals surface area contributed by atoms with Crippen molar-refractivity contribution in [1.82, 2.24) is 4.90 Å². The second-order valence-corrected chi connectivity index (χ2v) is 7.53. The van der Waals surface area contributed by atoms with Crippen molar-refractivity contribution in [1.29, 1.82) is 0 Å². The van der Waals surface area contributed by atoms with Crippen LogP contribution in [0.25, 0.3) is 5.57 Å². The van der Waals surface area contributed by atoms with E-state index in [1.165, 1.54) is 11.8 Å². The molecule has 0 aromatic heterocycles. The molecule has 2 heterocycles. The number of carbonyl (C=O) groups is 3. The van der Waals surface area contributed by atoms with Gasteiger partial charge in [0.05, 0.1) is 11.3 Å². The van der Waals surface area contributed by atoms with E-state index in [0.29, 0.717) is 33.2 Å². The van der Waals surface area contributed by atoms with Crippen LogP contribution in [-0.4, -0.2) is 35.7 Å². The number of rotatable bonds is 4. The number of hydrogen-bond donors (Lipinski definition) is 1. The summed E-state index contributed by atoms with van der Waals surface area (Å²) >= 11 is 5.96. The van der Waals surface area contributed by atoms with Crippen LogP contribution in [0.15, 0.2) is 54.2 Å². The predicted octanol–water partition coefficient (Wildman–Crippen LogP) is 3.68. The van der Waals surface area contributed by atoms with E-state index in [1.54, 1.807) is 48.5 Å². The monoisotopic (exact) mass is 409 g/mol. The molecule has 2 aliphatic heterocycles. The third kappa shape index (κ3) is 3.63. The Balaban J connectivity index is 1.76. The SMILES string of the molecule is CC(=O)Nc1ccc(C2=C(N3CCCC3)C(=O)N(c3ccc(Cl)cc3)C2=O)cc1. The lowest BCUT2D eigenvalue weighted by molar-refractivity contribution is -0.120. The quantitative estimate of drug-likeness (QED) is 0.782. The van der Waals surface area contributed by atoms with E-state index in [2.05, 4.69) is 5.32 Å². The van der Waals surface area contributed by atoms with Crippen molar-refractivity contribution in [2.45, 2.75) is 19.8 Å². The molecule has 2 aromatic carbocycles. The van der Waals surface area contributed by atoms with Crippen LogP contribution in [0.5, 0.6) is 0 Å². The molecule has 2 aliphatic rings. The molecule has 0 saturated carbocycles. The number of carbonyl (C=O) groups excluding carboxylic acids is 3. The molecule has 6 nitrogen and oxygen atoms in total. The molecule has 1 fully saturated rings. The first kappa shape index (κ1) is 19.2. The number of amides is 3. The van der Waals surface area contributed by atoms with Gasteiger partial charge in [0, 0.05) is 30.7 Å². The molecule has 7 heteroatoms. The highest BCUT2D eigenvalue weighted by molar-refractivity contribution is 6.45. The lowest BCUT2D eigenvalue weighted by Gasteiger charge is -2.20. The maximum atomic E-state index is 13.3. The van der Waals surface area contributed by atoms with Gasteiger partial charge in [0.1, 0.15) is 5.70 Å². The first-order valence-corrected chi connectivity index (χ1v) is 9.85. The fourth-order valence-corrected chi connectivity index (χ4v) is 3.89. The largest absolute Gasteiger partial charge is 0.366 e. The fourth-order valence-electron chi connectivity index (χ4n) is 3.76. The van der Waals surface area contributed by atoms with Crippen LogP contribution in [0.3, 0.4) is 0 Å². The number of imide groups is 1. The summed E-state index contributed by atoms with van der Waals surface area (Å²) < 4.78 is 0. The van der Waals surface area contributed by atoms with Crippen molar-refractivity contribution in [2.75, 3.05) is 23.3 Å². The van der Waals surface area contributed by atoms with Crippen molar-refractivity contribution in [2.24, 2.45) is 0 Å². The van der Waals surface area contributed by atoms with Gasteiger partial charge in [-0.1, -0.05) is 23.7 Å². The van der Waals surface area contributed by atoms with E-state index in [-0.39, 0.29) is 17.7 Å². The van der Waals surface area contributed by atoms with Gasteiger partial charge in [-0.3, -0.25) is 14.4 Å². The van der Waals surface area contributed by atoms with E-state index in [4.69, 9.17) is 11.6 Å². The summed E-state index contributed by atoms with van der Waals surface area (Å²) in [5.74, 6) is -0.845. The molecule has 0 radical (unpaired) electrons. The molecular weight excluding hydrogens is 390 g/mol. The average Bonchev–Trinajstić information content (AvgIpc) is 3.29. The Labute approximate surface area is 173 Å². The van der Waals surface area contributed by atoms with Gasteiger partial charge in [-0.15, -0.1) is 0 Å².